The molecule has 39 heavy (non-hydrogen) atoms. The van der Waals surface area contributed by atoms with Gasteiger partial charge in [0.2, 0.25) is 0 Å². The van der Waals surface area contributed by atoms with Gasteiger partial charge >= 0.3 is 6.03 Å². The van der Waals surface area contributed by atoms with Crippen LogP contribution in [0.2, 0.25) is 0 Å². The Kier molecular flexibility index (Phi) is 6.74. The Morgan fingerprint density at radius 1 is 0.872 bits per heavy atom. The maximum absolute atomic E-state index is 13.7. The first kappa shape index (κ1) is 25.8. The lowest BCUT2D eigenvalue weighted by Crippen LogP contribution is -2.30. The third-order valence-electron chi connectivity index (χ3n) is 7.03. The zero-order chi connectivity index (χ0) is 27.8. The number of imide groups is 1. The number of rotatable bonds is 6. The molecule has 9 heteroatoms. The van der Waals surface area contributed by atoms with Gasteiger partial charge in [-0.3, -0.25) is 19.6 Å². The van der Waals surface area contributed by atoms with Crippen LogP contribution in [0.5, 0.6) is 0 Å². The molecule has 2 N–H and O–H groups in total. The molecule has 0 unspecified atom stereocenters. The van der Waals surface area contributed by atoms with Crippen LogP contribution >= 0.6 is 0 Å². The van der Waals surface area contributed by atoms with E-state index in [1.54, 1.807) is 0 Å². The van der Waals surface area contributed by atoms with Gasteiger partial charge in [0.15, 0.2) is 11.6 Å². The van der Waals surface area contributed by atoms with Crippen LogP contribution in [0.25, 0.3) is 11.8 Å². The minimum absolute atomic E-state index is 0.0853. The SMILES string of the molecule is Cc1ccccc1Cc1[nH]n(-c2cccc(C)c2C)c(=O)c1C=C1NC(=O)N(Cc2ccc(F)c(F)c2)C1=O. The third-order valence-corrected chi connectivity index (χ3v) is 7.03. The maximum atomic E-state index is 13.7. The molecule has 0 radical (unpaired) electrons. The average molecular weight is 529 g/mol. The van der Waals surface area contributed by atoms with E-state index >= 15 is 0 Å². The summed E-state index contributed by atoms with van der Waals surface area (Å²) in [4.78, 5) is 40.4. The highest BCUT2D eigenvalue weighted by Gasteiger charge is 2.34. The molecule has 1 saturated heterocycles. The first-order valence-electron chi connectivity index (χ1n) is 12.4. The van der Waals surface area contributed by atoms with Crippen LogP contribution in [0.1, 0.15) is 39.1 Å². The second-order valence-corrected chi connectivity index (χ2v) is 9.59. The number of urea groups is 1. The number of carbonyl (C=O) groups is 2. The fraction of sp³-hybridized carbons (Fsp3) is 0.167. The molecule has 0 spiro atoms. The van der Waals surface area contributed by atoms with Crippen molar-refractivity contribution in [3.63, 3.8) is 0 Å². The minimum atomic E-state index is -1.07. The normalized spacial score (nSPS) is 14.4. The van der Waals surface area contributed by atoms with E-state index in [0.29, 0.717) is 17.8 Å². The van der Waals surface area contributed by atoms with Gasteiger partial charge in [0.1, 0.15) is 5.70 Å². The zero-order valence-corrected chi connectivity index (χ0v) is 21.6. The molecule has 7 nitrogen and oxygen atoms in total. The number of aryl methyl sites for hydroxylation is 2. The lowest BCUT2D eigenvalue weighted by atomic mass is 10.0. The van der Waals surface area contributed by atoms with Gasteiger partial charge in [-0.05, 0) is 72.9 Å². The van der Waals surface area contributed by atoms with E-state index in [1.165, 1.54) is 16.8 Å². The first-order chi connectivity index (χ1) is 18.6. The molecule has 3 amide bonds. The van der Waals surface area contributed by atoms with Gasteiger partial charge in [0, 0.05) is 12.1 Å². The van der Waals surface area contributed by atoms with Gasteiger partial charge in [0.25, 0.3) is 11.5 Å². The second-order valence-electron chi connectivity index (χ2n) is 9.59. The predicted octanol–water partition coefficient (Wildman–Crippen LogP) is 5.05. The van der Waals surface area contributed by atoms with E-state index in [4.69, 9.17) is 0 Å². The van der Waals surface area contributed by atoms with E-state index in [1.807, 2.05) is 63.2 Å². The van der Waals surface area contributed by atoms with Crippen molar-refractivity contribution in [3.05, 3.63) is 127 Å². The molecule has 0 saturated carbocycles. The molecule has 0 atom stereocenters. The molecule has 0 bridgehead atoms. The molecule has 1 aromatic heterocycles. The van der Waals surface area contributed by atoms with Crippen molar-refractivity contribution in [1.29, 1.82) is 0 Å². The largest absolute Gasteiger partial charge is 0.329 e. The molecule has 2 heterocycles. The van der Waals surface area contributed by atoms with Crippen molar-refractivity contribution in [3.8, 4) is 5.69 Å². The van der Waals surface area contributed by atoms with E-state index in [-0.39, 0.29) is 28.9 Å². The number of aromatic amines is 1. The summed E-state index contributed by atoms with van der Waals surface area (Å²) < 4.78 is 28.4. The number of nitrogens with zero attached hydrogens (tertiary/aromatic N) is 2. The van der Waals surface area contributed by atoms with E-state index in [0.717, 1.165) is 39.3 Å². The van der Waals surface area contributed by atoms with Crippen LogP contribution in [0.4, 0.5) is 13.6 Å². The molecule has 4 aromatic rings. The number of aromatic nitrogens is 2. The van der Waals surface area contributed by atoms with Crippen molar-refractivity contribution >= 4 is 18.0 Å². The number of H-pyrrole nitrogens is 1. The van der Waals surface area contributed by atoms with Crippen molar-refractivity contribution < 1.29 is 18.4 Å². The Labute approximate surface area is 223 Å². The number of halogens is 2. The van der Waals surface area contributed by atoms with Crippen molar-refractivity contribution in [2.24, 2.45) is 0 Å². The van der Waals surface area contributed by atoms with Gasteiger partial charge in [-0.25, -0.2) is 18.3 Å². The second kappa shape index (κ2) is 10.2. The summed E-state index contributed by atoms with van der Waals surface area (Å²) in [5.41, 5.74) is 5.24. The van der Waals surface area contributed by atoms with Crippen LogP contribution in [0.15, 0.2) is 71.2 Å². The summed E-state index contributed by atoms with van der Waals surface area (Å²) in [7, 11) is 0. The molecule has 1 aliphatic heterocycles. The lowest BCUT2D eigenvalue weighted by molar-refractivity contribution is -0.123. The van der Waals surface area contributed by atoms with E-state index < -0.39 is 23.6 Å². The Morgan fingerprint density at radius 3 is 2.36 bits per heavy atom. The van der Waals surface area contributed by atoms with Gasteiger partial charge in [-0.2, -0.15) is 0 Å². The molecule has 1 fully saturated rings. The van der Waals surface area contributed by atoms with Gasteiger partial charge in [-0.15, -0.1) is 0 Å². The quantitative estimate of drug-likeness (QED) is 0.271. The number of nitrogens with one attached hydrogen (secondary N) is 2. The average Bonchev–Trinajstić information content (AvgIpc) is 3.35. The number of amides is 3. The summed E-state index contributed by atoms with van der Waals surface area (Å²) in [5, 5.41) is 5.73. The fourth-order valence-corrected chi connectivity index (χ4v) is 4.61. The molecule has 198 valence electrons. The van der Waals surface area contributed by atoms with Crippen LogP contribution < -0.4 is 10.9 Å². The predicted molar refractivity (Wildman–Crippen MR) is 143 cm³/mol. The highest BCUT2D eigenvalue weighted by atomic mass is 19.2. The maximum Gasteiger partial charge on any atom is 0.329 e. The first-order valence-corrected chi connectivity index (χ1v) is 12.4. The zero-order valence-electron chi connectivity index (χ0n) is 21.6. The molecular formula is C30H26F2N4O3. The molecule has 0 aliphatic carbocycles. The summed E-state index contributed by atoms with van der Waals surface area (Å²) in [6.07, 6.45) is 1.76. The highest BCUT2D eigenvalue weighted by Crippen LogP contribution is 2.22. The Hall–Kier alpha value is -4.79. The third kappa shape index (κ3) is 4.90. The number of benzene rings is 3. The molecule has 3 aromatic carbocycles. The van der Waals surface area contributed by atoms with Crippen LogP contribution in [-0.4, -0.2) is 26.6 Å². The summed E-state index contributed by atoms with van der Waals surface area (Å²) in [6, 6.07) is 15.9. The number of hydrogen-bond donors (Lipinski definition) is 2. The monoisotopic (exact) mass is 528 g/mol. The standard InChI is InChI=1S/C30H26F2N4O3/c1-17-8-6-10-27(19(17)3)36-28(37)22(25(34-36)14-21-9-5-4-7-18(21)2)15-26-29(38)35(30(39)33-26)16-20-11-12-23(31)24(32)13-20/h4-13,15,34H,14,16H2,1-3H3,(H,33,39). The van der Waals surface area contributed by atoms with Gasteiger partial charge in [-0.1, -0.05) is 42.5 Å². The van der Waals surface area contributed by atoms with Crippen molar-refractivity contribution in [2.45, 2.75) is 33.7 Å². The number of carbonyl (C=O) groups excluding carboxylic acids is 2. The summed E-state index contributed by atoms with van der Waals surface area (Å²) in [5.74, 6) is -2.77. The van der Waals surface area contributed by atoms with E-state index in [2.05, 4.69) is 10.4 Å². The van der Waals surface area contributed by atoms with Crippen LogP contribution in [-0.2, 0) is 17.8 Å². The minimum Gasteiger partial charge on any atom is -0.303 e. The van der Waals surface area contributed by atoms with Crippen molar-refractivity contribution in [1.82, 2.24) is 20.0 Å². The Bertz CT molecular complexity index is 1720. The van der Waals surface area contributed by atoms with E-state index in [9.17, 15) is 23.2 Å². The van der Waals surface area contributed by atoms with Gasteiger partial charge in [0.05, 0.1) is 17.8 Å². The van der Waals surface area contributed by atoms with Crippen molar-refractivity contribution in [2.75, 3.05) is 0 Å². The molecular weight excluding hydrogens is 502 g/mol. The Balaban J connectivity index is 1.56. The highest BCUT2D eigenvalue weighted by molar-refractivity contribution is 6.13. The fourth-order valence-electron chi connectivity index (χ4n) is 4.61. The van der Waals surface area contributed by atoms with Gasteiger partial charge < -0.3 is 5.32 Å². The summed E-state index contributed by atoms with van der Waals surface area (Å²) in [6.45, 7) is 5.60. The molecule has 1 aliphatic rings. The van der Waals surface area contributed by atoms with Crippen LogP contribution in [0.3, 0.4) is 0 Å². The topological polar surface area (TPSA) is 87.2 Å². The van der Waals surface area contributed by atoms with Crippen LogP contribution in [0, 0.1) is 32.4 Å². The number of hydrogen-bond acceptors (Lipinski definition) is 3. The Morgan fingerprint density at radius 2 is 1.62 bits per heavy atom. The smallest absolute Gasteiger partial charge is 0.303 e. The summed E-state index contributed by atoms with van der Waals surface area (Å²) >= 11 is 0. The molecule has 5 rings (SSSR count). The lowest BCUT2D eigenvalue weighted by Gasteiger charge is -2.11.